The highest BCUT2D eigenvalue weighted by Crippen LogP contribution is 2.53. The standard InChI is InChI=1S/C10H12F3NS/c11-10(12,13)8-2-1-7(15-8)9(3-4-9)5-6-14/h1-2H,3-6,14H2. The zero-order valence-corrected chi connectivity index (χ0v) is 8.92. The average molecular weight is 235 g/mol. The van der Waals surface area contributed by atoms with E-state index in [9.17, 15) is 13.2 Å². The largest absolute Gasteiger partial charge is 0.425 e. The molecule has 0 amide bonds. The first kappa shape index (κ1) is 11.0. The van der Waals surface area contributed by atoms with Crippen molar-refractivity contribution in [1.82, 2.24) is 0 Å². The predicted octanol–water partition coefficient (Wildman–Crippen LogP) is 3.15. The lowest BCUT2D eigenvalue weighted by Crippen LogP contribution is -2.11. The first-order valence-corrected chi connectivity index (χ1v) is 5.67. The minimum absolute atomic E-state index is 0.0249. The van der Waals surface area contributed by atoms with Crippen LogP contribution in [-0.2, 0) is 11.6 Å². The maximum Gasteiger partial charge on any atom is 0.425 e. The van der Waals surface area contributed by atoms with Gasteiger partial charge in [0.2, 0.25) is 0 Å². The van der Waals surface area contributed by atoms with Crippen LogP contribution in [0.25, 0.3) is 0 Å². The summed E-state index contributed by atoms with van der Waals surface area (Å²) in [7, 11) is 0. The van der Waals surface area contributed by atoms with E-state index in [4.69, 9.17) is 5.73 Å². The summed E-state index contributed by atoms with van der Waals surface area (Å²) in [5, 5.41) is 0. The van der Waals surface area contributed by atoms with Gasteiger partial charge in [-0.1, -0.05) is 0 Å². The summed E-state index contributed by atoms with van der Waals surface area (Å²) in [4.78, 5) is 0.348. The number of nitrogens with two attached hydrogens (primary N) is 1. The molecule has 2 rings (SSSR count). The molecule has 1 aliphatic carbocycles. The van der Waals surface area contributed by atoms with Crippen molar-refractivity contribution >= 4 is 11.3 Å². The number of alkyl halides is 3. The van der Waals surface area contributed by atoms with Gasteiger partial charge in [-0.25, -0.2) is 0 Å². The van der Waals surface area contributed by atoms with Crippen molar-refractivity contribution in [1.29, 1.82) is 0 Å². The highest BCUT2D eigenvalue weighted by atomic mass is 32.1. The van der Waals surface area contributed by atoms with Crippen molar-refractivity contribution < 1.29 is 13.2 Å². The summed E-state index contributed by atoms with van der Waals surface area (Å²) >= 11 is 0.869. The lowest BCUT2D eigenvalue weighted by molar-refractivity contribution is -0.134. The van der Waals surface area contributed by atoms with Crippen molar-refractivity contribution in [2.75, 3.05) is 6.54 Å². The van der Waals surface area contributed by atoms with Crippen molar-refractivity contribution in [2.45, 2.75) is 30.9 Å². The molecular formula is C10H12F3NS. The van der Waals surface area contributed by atoms with E-state index in [2.05, 4.69) is 0 Å². The van der Waals surface area contributed by atoms with Gasteiger partial charge in [-0.15, -0.1) is 11.3 Å². The number of hydrogen-bond donors (Lipinski definition) is 1. The summed E-state index contributed by atoms with van der Waals surface area (Å²) < 4.78 is 37.1. The van der Waals surface area contributed by atoms with E-state index in [1.165, 1.54) is 6.07 Å². The summed E-state index contributed by atoms with van der Waals surface area (Å²) in [6.45, 7) is 0.541. The maximum atomic E-state index is 12.4. The van der Waals surface area contributed by atoms with E-state index in [-0.39, 0.29) is 5.41 Å². The van der Waals surface area contributed by atoms with Gasteiger partial charge in [-0.3, -0.25) is 0 Å². The Morgan fingerprint density at radius 2 is 2.00 bits per heavy atom. The van der Waals surface area contributed by atoms with Crippen LogP contribution in [0.4, 0.5) is 13.2 Å². The molecule has 0 radical (unpaired) electrons. The molecule has 84 valence electrons. The van der Waals surface area contributed by atoms with Crippen molar-refractivity contribution in [2.24, 2.45) is 5.73 Å². The van der Waals surface area contributed by atoms with Crippen LogP contribution < -0.4 is 5.73 Å². The Bertz CT molecular complexity index is 352. The van der Waals surface area contributed by atoms with Gasteiger partial charge >= 0.3 is 6.18 Å². The molecule has 5 heteroatoms. The van der Waals surface area contributed by atoms with Crippen LogP contribution in [0.5, 0.6) is 0 Å². The summed E-state index contributed by atoms with van der Waals surface area (Å²) in [5.74, 6) is 0. The number of hydrogen-bond acceptors (Lipinski definition) is 2. The Hall–Kier alpha value is -0.550. The van der Waals surface area contributed by atoms with Crippen LogP contribution in [-0.4, -0.2) is 6.54 Å². The minimum Gasteiger partial charge on any atom is -0.330 e. The Kier molecular flexibility index (Phi) is 2.55. The van der Waals surface area contributed by atoms with Gasteiger partial charge in [0.25, 0.3) is 0 Å². The molecule has 1 heterocycles. The fourth-order valence-electron chi connectivity index (χ4n) is 1.82. The van der Waals surface area contributed by atoms with Gasteiger partial charge < -0.3 is 5.73 Å². The molecule has 0 bridgehead atoms. The van der Waals surface area contributed by atoms with E-state index in [0.29, 0.717) is 6.54 Å². The smallest absolute Gasteiger partial charge is 0.330 e. The second-order valence-corrected chi connectivity index (χ2v) is 5.06. The Morgan fingerprint density at radius 3 is 2.40 bits per heavy atom. The number of rotatable bonds is 3. The van der Waals surface area contributed by atoms with Crippen molar-refractivity contribution in [3.8, 4) is 0 Å². The predicted molar refractivity (Wildman–Crippen MR) is 53.9 cm³/mol. The first-order valence-electron chi connectivity index (χ1n) is 4.85. The van der Waals surface area contributed by atoms with Crippen LogP contribution in [0, 0.1) is 0 Å². The molecular weight excluding hydrogens is 223 g/mol. The Morgan fingerprint density at radius 1 is 1.33 bits per heavy atom. The zero-order chi connectivity index (χ0) is 11.1. The third-order valence-electron chi connectivity index (χ3n) is 2.88. The first-order chi connectivity index (χ1) is 6.98. The van der Waals surface area contributed by atoms with E-state index in [1.807, 2.05) is 0 Å². The topological polar surface area (TPSA) is 26.0 Å². The van der Waals surface area contributed by atoms with Gasteiger partial charge in [-0.2, -0.15) is 13.2 Å². The highest BCUT2D eigenvalue weighted by Gasteiger charge is 2.45. The summed E-state index contributed by atoms with van der Waals surface area (Å²) in [5.41, 5.74) is 5.44. The van der Waals surface area contributed by atoms with E-state index >= 15 is 0 Å². The number of thiophene rings is 1. The Labute approximate surface area is 90.1 Å². The van der Waals surface area contributed by atoms with E-state index in [0.717, 1.165) is 35.5 Å². The van der Waals surface area contributed by atoms with Crippen LogP contribution in [0.2, 0.25) is 0 Å². The molecule has 1 saturated carbocycles. The molecule has 1 aromatic heterocycles. The molecule has 1 nitrogen and oxygen atoms in total. The van der Waals surface area contributed by atoms with Crippen molar-refractivity contribution in [3.05, 3.63) is 21.9 Å². The molecule has 1 fully saturated rings. The fraction of sp³-hybridized carbons (Fsp3) is 0.600. The lowest BCUT2D eigenvalue weighted by Gasteiger charge is -2.10. The summed E-state index contributed by atoms with van der Waals surface area (Å²) in [6, 6.07) is 2.78. The van der Waals surface area contributed by atoms with Gasteiger partial charge in [0.1, 0.15) is 4.88 Å². The van der Waals surface area contributed by atoms with E-state index < -0.39 is 11.1 Å². The quantitative estimate of drug-likeness (QED) is 0.855. The van der Waals surface area contributed by atoms with Gasteiger partial charge in [0, 0.05) is 10.3 Å². The van der Waals surface area contributed by atoms with Crippen LogP contribution in [0.3, 0.4) is 0 Å². The number of halogens is 3. The second kappa shape index (κ2) is 3.49. The molecule has 1 aromatic rings. The third kappa shape index (κ3) is 2.03. The maximum absolute atomic E-state index is 12.4. The summed E-state index contributed by atoms with van der Waals surface area (Å²) in [6.07, 6.45) is -1.46. The fourth-order valence-corrected chi connectivity index (χ4v) is 2.97. The van der Waals surface area contributed by atoms with Crippen LogP contribution in [0.15, 0.2) is 12.1 Å². The molecule has 15 heavy (non-hydrogen) atoms. The van der Waals surface area contributed by atoms with Crippen LogP contribution >= 0.6 is 11.3 Å². The van der Waals surface area contributed by atoms with Gasteiger partial charge in [0.15, 0.2) is 0 Å². The average Bonchev–Trinajstić information content (AvgIpc) is 2.75. The normalized spacial score (nSPS) is 19.2. The third-order valence-corrected chi connectivity index (χ3v) is 4.26. The lowest BCUT2D eigenvalue weighted by atomic mass is 10.0. The molecule has 0 aliphatic heterocycles. The molecule has 1 aliphatic rings. The second-order valence-electron chi connectivity index (χ2n) is 3.98. The molecule has 2 N–H and O–H groups in total. The SMILES string of the molecule is NCCC1(c2ccc(C(F)(F)F)s2)CC1. The molecule has 0 saturated heterocycles. The molecule has 0 atom stereocenters. The zero-order valence-electron chi connectivity index (χ0n) is 8.10. The Balaban J connectivity index is 2.21. The molecule has 0 unspecified atom stereocenters. The molecule has 0 spiro atoms. The van der Waals surface area contributed by atoms with Crippen molar-refractivity contribution in [3.63, 3.8) is 0 Å². The minimum atomic E-state index is -4.21. The molecule has 0 aromatic carbocycles. The van der Waals surface area contributed by atoms with Crippen LogP contribution in [0.1, 0.15) is 29.0 Å². The monoisotopic (exact) mass is 235 g/mol. The van der Waals surface area contributed by atoms with Gasteiger partial charge in [0.05, 0.1) is 0 Å². The van der Waals surface area contributed by atoms with Gasteiger partial charge in [-0.05, 0) is 37.9 Å². The van der Waals surface area contributed by atoms with E-state index in [1.54, 1.807) is 6.07 Å². The highest BCUT2D eigenvalue weighted by molar-refractivity contribution is 7.12.